The molecule has 0 aliphatic heterocycles. The number of rotatable bonds is 9. The molecule has 0 radical (unpaired) electrons. The summed E-state index contributed by atoms with van der Waals surface area (Å²) in [5.41, 5.74) is 3.40. The maximum Gasteiger partial charge on any atom is 0.258 e. The molecule has 0 saturated carbocycles. The summed E-state index contributed by atoms with van der Waals surface area (Å²) >= 11 is 0. The van der Waals surface area contributed by atoms with Crippen LogP contribution in [0.1, 0.15) is 38.3 Å². The molecule has 32 heavy (non-hydrogen) atoms. The Morgan fingerprint density at radius 1 is 0.844 bits per heavy atom. The number of aromatic carboxylic acids is 1. The molecule has 0 aromatic heterocycles. The van der Waals surface area contributed by atoms with Gasteiger partial charge < -0.3 is 19.5 Å². The van der Waals surface area contributed by atoms with Gasteiger partial charge in [-0.1, -0.05) is 42.0 Å². The fourth-order valence-electron chi connectivity index (χ4n) is 3.10. The van der Waals surface area contributed by atoms with E-state index < -0.39 is 5.97 Å². The second kappa shape index (κ2) is 10.4. The van der Waals surface area contributed by atoms with Crippen molar-refractivity contribution in [1.82, 2.24) is 0 Å². The number of aryl methyl sites for hydroxylation is 2. The number of carbonyl (C=O) groups excluding carboxylic acids is 3. The Balaban J connectivity index is 1.48. The van der Waals surface area contributed by atoms with E-state index in [2.05, 4.69) is 0 Å². The molecule has 0 saturated heterocycles. The van der Waals surface area contributed by atoms with Crippen LogP contribution in [0.2, 0.25) is 0 Å². The van der Waals surface area contributed by atoms with E-state index in [0.29, 0.717) is 23.4 Å². The van der Waals surface area contributed by atoms with Crippen LogP contribution in [0.25, 0.3) is 0 Å². The van der Waals surface area contributed by atoms with Crippen LogP contribution in [0.15, 0.2) is 72.8 Å². The van der Waals surface area contributed by atoms with Crippen molar-refractivity contribution in [3.8, 4) is 5.75 Å². The first kappa shape index (κ1) is 22.7. The summed E-state index contributed by atoms with van der Waals surface area (Å²) in [6.45, 7) is 1.91. The molecule has 6 heteroatoms. The van der Waals surface area contributed by atoms with Crippen molar-refractivity contribution < 1.29 is 24.2 Å². The van der Waals surface area contributed by atoms with Crippen LogP contribution in [0.4, 0.5) is 5.69 Å². The highest BCUT2D eigenvalue weighted by molar-refractivity contribution is 6.05. The molecule has 164 valence electrons. The van der Waals surface area contributed by atoms with Crippen molar-refractivity contribution in [2.75, 3.05) is 18.6 Å². The molecule has 0 N–H and O–H groups in total. The molecule has 0 heterocycles. The van der Waals surface area contributed by atoms with Crippen LogP contribution >= 0.6 is 0 Å². The Morgan fingerprint density at radius 2 is 1.44 bits per heavy atom. The van der Waals surface area contributed by atoms with Crippen LogP contribution in [0, 0.1) is 6.92 Å². The number of hydrogen-bond acceptors (Lipinski definition) is 5. The molecule has 0 atom stereocenters. The van der Waals surface area contributed by atoms with Crippen molar-refractivity contribution in [2.45, 2.75) is 19.8 Å². The van der Waals surface area contributed by atoms with E-state index in [0.717, 1.165) is 11.1 Å². The van der Waals surface area contributed by atoms with E-state index in [1.807, 2.05) is 19.1 Å². The lowest BCUT2D eigenvalue weighted by Crippen LogP contribution is -2.26. The van der Waals surface area contributed by atoms with Gasteiger partial charge in [0.25, 0.3) is 5.91 Å². The maximum atomic E-state index is 12.6. The first-order valence-electron chi connectivity index (χ1n) is 10.2. The quantitative estimate of drug-likeness (QED) is 0.520. The molecule has 0 aliphatic carbocycles. The second-order valence-electron chi connectivity index (χ2n) is 7.54. The van der Waals surface area contributed by atoms with Crippen molar-refractivity contribution in [3.05, 3.63) is 95.1 Å². The van der Waals surface area contributed by atoms with Gasteiger partial charge in [-0.05, 0) is 60.9 Å². The third-order valence-electron chi connectivity index (χ3n) is 5.11. The Labute approximate surface area is 187 Å². The predicted molar refractivity (Wildman–Crippen MR) is 120 cm³/mol. The Kier molecular flexibility index (Phi) is 7.39. The highest BCUT2D eigenvalue weighted by Crippen LogP contribution is 2.20. The molecule has 3 aromatic rings. The van der Waals surface area contributed by atoms with Crippen LogP contribution in [0.3, 0.4) is 0 Å². The number of carboxylic acids is 1. The minimum atomic E-state index is -1.22. The fraction of sp³-hybridized carbons (Fsp3) is 0.192. The molecule has 3 rings (SSSR count). The standard InChI is InChI=1S/C26H25NO5/c1-18-3-8-20(9-4-18)25(29)27(2)22-12-15-24(16-13-22)32-17-23(28)14-7-19-5-10-21(11-6-19)26(30)31/h3-6,8-13,15-16H,7,14,17H2,1-2H3,(H,30,31)/p-1. The summed E-state index contributed by atoms with van der Waals surface area (Å²) in [6.07, 6.45) is 0.789. The lowest BCUT2D eigenvalue weighted by atomic mass is 10.1. The van der Waals surface area contributed by atoms with Crippen molar-refractivity contribution in [3.63, 3.8) is 0 Å². The van der Waals surface area contributed by atoms with Gasteiger partial charge in [0.05, 0.1) is 5.97 Å². The zero-order valence-corrected chi connectivity index (χ0v) is 18.0. The monoisotopic (exact) mass is 430 g/mol. The minimum absolute atomic E-state index is 0.0609. The first-order chi connectivity index (χ1) is 15.3. The molecule has 0 spiro atoms. The van der Waals surface area contributed by atoms with Gasteiger partial charge >= 0.3 is 0 Å². The van der Waals surface area contributed by atoms with Gasteiger partial charge in [0.1, 0.15) is 12.4 Å². The third kappa shape index (κ3) is 6.04. The van der Waals surface area contributed by atoms with Crippen LogP contribution < -0.4 is 14.7 Å². The maximum absolute atomic E-state index is 12.6. The van der Waals surface area contributed by atoms with Crippen LogP contribution in [-0.2, 0) is 11.2 Å². The lowest BCUT2D eigenvalue weighted by Gasteiger charge is -2.18. The number of carboxylic acid groups (broad SMARTS) is 1. The SMILES string of the molecule is Cc1ccc(C(=O)N(C)c2ccc(OCC(=O)CCc3ccc(C(=O)[O-])cc3)cc2)cc1. The van der Waals surface area contributed by atoms with Gasteiger partial charge in [0, 0.05) is 24.7 Å². The number of anilines is 1. The van der Waals surface area contributed by atoms with Crippen molar-refractivity contribution in [2.24, 2.45) is 0 Å². The number of ketones is 1. The molecule has 3 aromatic carbocycles. The third-order valence-corrected chi connectivity index (χ3v) is 5.11. The Morgan fingerprint density at radius 3 is 2.03 bits per heavy atom. The number of hydrogen-bond donors (Lipinski definition) is 0. The number of benzene rings is 3. The number of nitrogens with zero attached hydrogens (tertiary/aromatic N) is 1. The molecule has 6 nitrogen and oxygen atoms in total. The molecule has 0 bridgehead atoms. The van der Waals surface area contributed by atoms with Crippen LogP contribution in [-0.4, -0.2) is 31.3 Å². The van der Waals surface area contributed by atoms with Gasteiger partial charge in [0.2, 0.25) is 0 Å². The topological polar surface area (TPSA) is 86.7 Å². The minimum Gasteiger partial charge on any atom is -0.545 e. The number of ether oxygens (including phenoxy) is 1. The summed E-state index contributed by atoms with van der Waals surface area (Å²) in [5.74, 6) is -0.861. The van der Waals surface area contributed by atoms with E-state index in [1.165, 1.54) is 12.1 Å². The van der Waals surface area contributed by atoms with E-state index in [4.69, 9.17) is 4.74 Å². The zero-order chi connectivity index (χ0) is 23.1. The fourth-order valence-corrected chi connectivity index (χ4v) is 3.10. The van der Waals surface area contributed by atoms with E-state index >= 15 is 0 Å². The van der Waals surface area contributed by atoms with E-state index in [9.17, 15) is 19.5 Å². The van der Waals surface area contributed by atoms with Crippen molar-refractivity contribution in [1.29, 1.82) is 0 Å². The van der Waals surface area contributed by atoms with Crippen molar-refractivity contribution >= 4 is 23.3 Å². The van der Waals surface area contributed by atoms with Gasteiger partial charge in [-0.15, -0.1) is 0 Å². The van der Waals surface area contributed by atoms with E-state index in [1.54, 1.807) is 60.5 Å². The summed E-state index contributed by atoms with van der Waals surface area (Å²) in [6, 6.07) is 20.7. The normalized spacial score (nSPS) is 10.4. The summed E-state index contributed by atoms with van der Waals surface area (Å²) in [7, 11) is 1.71. The molecule has 0 aliphatic rings. The molecule has 0 unspecified atom stereocenters. The first-order valence-corrected chi connectivity index (χ1v) is 10.2. The number of Topliss-reactive ketones (excluding diaryl/α,β-unsaturated/α-hetero) is 1. The average molecular weight is 430 g/mol. The van der Waals surface area contributed by atoms with Gasteiger partial charge in [0.15, 0.2) is 5.78 Å². The lowest BCUT2D eigenvalue weighted by molar-refractivity contribution is -0.255. The summed E-state index contributed by atoms with van der Waals surface area (Å²) < 4.78 is 5.56. The van der Waals surface area contributed by atoms with Crippen LogP contribution in [0.5, 0.6) is 5.75 Å². The molecular weight excluding hydrogens is 406 g/mol. The average Bonchev–Trinajstić information content (AvgIpc) is 2.81. The number of amides is 1. The van der Waals surface area contributed by atoms with E-state index in [-0.39, 0.29) is 30.3 Å². The highest BCUT2D eigenvalue weighted by atomic mass is 16.5. The Bertz CT molecular complexity index is 1090. The smallest absolute Gasteiger partial charge is 0.258 e. The zero-order valence-electron chi connectivity index (χ0n) is 18.0. The highest BCUT2D eigenvalue weighted by Gasteiger charge is 2.13. The summed E-state index contributed by atoms with van der Waals surface area (Å²) in [5, 5.41) is 10.8. The van der Waals surface area contributed by atoms with Gasteiger partial charge in [-0.3, -0.25) is 9.59 Å². The van der Waals surface area contributed by atoms with Gasteiger partial charge in [-0.25, -0.2) is 0 Å². The second-order valence-corrected chi connectivity index (χ2v) is 7.54. The van der Waals surface area contributed by atoms with Gasteiger partial charge in [-0.2, -0.15) is 0 Å². The number of carbonyl (C=O) groups is 3. The predicted octanol–water partition coefficient (Wildman–Crippen LogP) is 3.22. The molecule has 0 fully saturated rings. The largest absolute Gasteiger partial charge is 0.545 e. The molecule has 1 amide bonds. The Hall–Kier alpha value is -3.93. The summed E-state index contributed by atoms with van der Waals surface area (Å²) in [4.78, 5) is 37.1. The molecular formula is C26H24NO5-.